The van der Waals surface area contributed by atoms with Crippen molar-refractivity contribution in [3.05, 3.63) is 0 Å². The lowest BCUT2D eigenvalue weighted by molar-refractivity contribution is -0.141. The molecule has 1 saturated carbocycles. The average molecular weight is 261 g/mol. The molecule has 98 valence electrons. The van der Waals surface area contributed by atoms with Crippen molar-refractivity contribution in [2.45, 2.75) is 25.3 Å². The zero-order valence-corrected chi connectivity index (χ0v) is 10.8. The van der Waals surface area contributed by atoms with Gasteiger partial charge in [-0.25, -0.2) is 0 Å². The lowest BCUT2D eigenvalue weighted by atomic mass is 10.1. The number of amides is 1. The minimum Gasteiger partial charge on any atom is -0.481 e. The molecule has 0 aromatic heterocycles. The molecule has 0 bridgehead atoms. The van der Waals surface area contributed by atoms with Crippen LogP contribution in [0.2, 0.25) is 0 Å². The number of methoxy groups -OCH3 is 1. The van der Waals surface area contributed by atoms with Crippen LogP contribution >= 0.6 is 11.8 Å². The number of nitrogens with one attached hydrogen (secondary N) is 1. The SMILES string of the molecule is COCCSCC(=O)NC1CCC(C(=O)O)C1. The van der Waals surface area contributed by atoms with Gasteiger partial charge in [0.05, 0.1) is 18.3 Å². The van der Waals surface area contributed by atoms with Crippen LogP contribution in [0.1, 0.15) is 19.3 Å². The Morgan fingerprint density at radius 1 is 1.47 bits per heavy atom. The molecule has 2 atom stereocenters. The van der Waals surface area contributed by atoms with E-state index in [2.05, 4.69) is 5.32 Å². The van der Waals surface area contributed by atoms with Crippen molar-refractivity contribution < 1.29 is 19.4 Å². The normalized spacial score (nSPS) is 23.6. The average Bonchev–Trinajstić information content (AvgIpc) is 2.73. The molecule has 0 spiro atoms. The topological polar surface area (TPSA) is 75.6 Å². The summed E-state index contributed by atoms with van der Waals surface area (Å²) >= 11 is 1.52. The fourth-order valence-electron chi connectivity index (χ4n) is 1.91. The quantitative estimate of drug-likeness (QED) is 0.661. The minimum atomic E-state index is -0.754. The Bertz CT molecular complexity index is 272. The predicted octanol–water partition coefficient (Wildman–Crippen LogP) is 0.735. The van der Waals surface area contributed by atoms with Crippen molar-refractivity contribution in [2.24, 2.45) is 5.92 Å². The maximum absolute atomic E-state index is 11.5. The van der Waals surface area contributed by atoms with Gasteiger partial charge in [-0.2, -0.15) is 0 Å². The van der Waals surface area contributed by atoms with Gasteiger partial charge in [0.2, 0.25) is 5.91 Å². The molecule has 5 nitrogen and oxygen atoms in total. The fourth-order valence-corrected chi connectivity index (χ4v) is 2.61. The number of carbonyl (C=O) groups excluding carboxylic acids is 1. The molecule has 0 heterocycles. The van der Waals surface area contributed by atoms with Crippen LogP contribution < -0.4 is 5.32 Å². The number of carboxylic acid groups (broad SMARTS) is 1. The van der Waals surface area contributed by atoms with Crippen molar-refractivity contribution >= 4 is 23.6 Å². The predicted molar refractivity (Wildman–Crippen MR) is 66.1 cm³/mol. The van der Waals surface area contributed by atoms with E-state index in [4.69, 9.17) is 9.84 Å². The lowest BCUT2D eigenvalue weighted by Gasteiger charge is -2.12. The number of carbonyl (C=O) groups is 2. The van der Waals surface area contributed by atoms with E-state index >= 15 is 0 Å². The molecule has 0 aromatic rings. The van der Waals surface area contributed by atoms with Gasteiger partial charge in [-0.15, -0.1) is 11.8 Å². The summed E-state index contributed by atoms with van der Waals surface area (Å²) in [4.78, 5) is 22.3. The molecule has 0 saturated heterocycles. The number of thioether (sulfide) groups is 1. The third-order valence-electron chi connectivity index (χ3n) is 2.81. The van der Waals surface area contributed by atoms with Gasteiger partial charge in [-0.1, -0.05) is 0 Å². The Morgan fingerprint density at radius 2 is 2.24 bits per heavy atom. The molecule has 1 rings (SSSR count). The van der Waals surface area contributed by atoms with E-state index in [1.54, 1.807) is 7.11 Å². The molecular formula is C11H19NO4S. The lowest BCUT2D eigenvalue weighted by Crippen LogP contribution is -2.34. The Morgan fingerprint density at radius 3 is 2.82 bits per heavy atom. The second-order valence-corrected chi connectivity index (χ2v) is 5.26. The summed E-state index contributed by atoms with van der Waals surface area (Å²) in [6.45, 7) is 0.641. The van der Waals surface area contributed by atoms with Crippen molar-refractivity contribution in [1.82, 2.24) is 5.32 Å². The zero-order chi connectivity index (χ0) is 12.7. The smallest absolute Gasteiger partial charge is 0.306 e. The molecule has 17 heavy (non-hydrogen) atoms. The van der Waals surface area contributed by atoms with E-state index in [0.29, 0.717) is 25.2 Å². The summed E-state index contributed by atoms with van der Waals surface area (Å²) < 4.78 is 4.88. The highest BCUT2D eigenvalue weighted by molar-refractivity contribution is 7.99. The second kappa shape index (κ2) is 7.55. The van der Waals surface area contributed by atoms with E-state index in [1.807, 2.05) is 0 Å². The maximum atomic E-state index is 11.5. The molecule has 2 unspecified atom stereocenters. The highest BCUT2D eigenvalue weighted by Crippen LogP contribution is 2.25. The van der Waals surface area contributed by atoms with Crippen LogP contribution in [-0.4, -0.2) is 48.2 Å². The summed E-state index contributed by atoms with van der Waals surface area (Å²) in [7, 11) is 1.63. The minimum absolute atomic E-state index is 0.0119. The summed E-state index contributed by atoms with van der Waals surface area (Å²) in [6.07, 6.45) is 1.99. The van der Waals surface area contributed by atoms with Gasteiger partial charge < -0.3 is 15.2 Å². The summed E-state index contributed by atoms with van der Waals surface area (Å²) in [5.74, 6) is 0.157. The zero-order valence-electron chi connectivity index (χ0n) is 9.98. The third-order valence-corrected chi connectivity index (χ3v) is 3.73. The molecule has 0 aromatic carbocycles. The van der Waals surface area contributed by atoms with Crippen LogP contribution in [-0.2, 0) is 14.3 Å². The summed E-state index contributed by atoms with van der Waals surface area (Å²) in [5, 5.41) is 11.7. The van der Waals surface area contributed by atoms with Crippen LogP contribution in [0.25, 0.3) is 0 Å². The van der Waals surface area contributed by atoms with E-state index in [1.165, 1.54) is 11.8 Å². The Hall–Kier alpha value is -0.750. The van der Waals surface area contributed by atoms with E-state index in [9.17, 15) is 9.59 Å². The first kappa shape index (κ1) is 14.3. The number of carboxylic acids is 1. The second-order valence-electron chi connectivity index (χ2n) is 4.16. The number of rotatable bonds is 7. The fraction of sp³-hybridized carbons (Fsp3) is 0.818. The standard InChI is InChI=1S/C11H19NO4S/c1-16-4-5-17-7-10(13)12-9-3-2-8(6-9)11(14)15/h8-9H,2-7H2,1H3,(H,12,13)(H,14,15). The van der Waals surface area contributed by atoms with Gasteiger partial charge >= 0.3 is 5.97 Å². The third kappa shape index (κ3) is 5.41. The van der Waals surface area contributed by atoms with Gasteiger partial charge in [0.15, 0.2) is 0 Å². The van der Waals surface area contributed by atoms with Crippen LogP contribution in [0.15, 0.2) is 0 Å². The molecule has 6 heteroatoms. The molecule has 0 radical (unpaired) electrons. The number of hydrogen-bond acceptors (Lipinski definition) is 4. The van der Waals surface area contributed by atoms with E-state index < -0.39 is 5.97 Å². The molecule has 0 aliphatic heterocycles. The monoisotopic (exact) mass is 261 g/mol. The first-order chi connectivity index (χ1) is 8.13. The van der Waals surface area contributed by atoms with Crippen molar-refractivity contribution in [2.75, 3.05) is 25.2 Å². The van der Waals surface area contributed by atoms with Gasteiger partial charge in [0, 0.05) is 18.9 Å². The molecule has 1 aliphatic rings. The summed E-state index contributed by atoms with van der Waals surface area (Å²) in [5.41, 5.74) is 0. The van der Waals surface area contributed by atoms with Crippen LogP contribution in [0.4, 0.5) is 0 Å². The van der Waals surface area contributed by atoms with Crippen LogP contribution in [0.3, 0.4) is 0 Å². The number of aliphatic carboxylic acids is 1. The van der Waals surface area contributed by atoms with Gasteiger partial charge in [-0.3, -0.25) is 9.59 Å². The van der Waals surface area contributed by atoms with Crippen molar-refractivity contribution in [3.63, 3.8) is 0 Å². The molecular weight excluding hydrogens is 242 g/mol. The highest BCUT2D eigenvalue weighted by atomic mass is 32.2. The Labute approximate surface area is 105 Å². The van der Waals surface area contributed by atoms with Gasteiger partial charge in [0.25, 0.3) is 0 Å². The number of hydrogen-bond donors (Lipinski definition) is 2. The number of ether oxygens (including phenoxy) is 1. The highest BCUT2D eigenvalue weighted by Gasteiger charge is 2.30. The Balaban J connectivity index is 2.13. The maximum Gasteiger partial charge on any atom is 0.306 e. The Kier molecular flexibility index (Phi) is 6.36. The molecule has 1 amide bonds. The van der Waals surface area contributed by atoms with Crippen molar-refractivity contribution in [3.8, 4) is 0 Å². The first-order valence-electron chi connectivity index (χ1n) is 5.72. The molecule has 2 N–H and O–H groups in total. The molecule has 1 fully saturated rings. The van der Waals surface area contributed by atoms with Gasteiger partial charge in [0.1, 0.15) is 0 Å². The molecule has 1 aliphatic carbocycles. The van der Waals surface area contributed by atoms with E-state index in [0.717, 1.165) is 12.2 Å². The largest absolute Gasteiger partial charge is 0.481 e. The first-order valence-corrected chi connectivity index (χ1v) is 6.87. The van der Waals surface area contributed by atoms with Crippen LogP contribution in [0, 0.1) is 5.92 Å². The van der Waals surface area contributed by atoms with Crippen LogP contribution in [0.5, 0.6) is 0 Å². The van der Waals surface area contributed by atoms with Gasteiger partial charge in [-0.05, 0) is 19.3 Å². The van der Waals surface area contributed by atoms with Crippen molar-refractivity contribution in [1.29, 1.82) is 0 Å². The summed E-state index contributed by atoms with van der Waals surface area (Å²) in [6, 6.07) is 0.0339. The van der Waals surface area contributed by atoms with E-state index in [-0.39, 0.29) is 17.9 Å².